The van der Waals surface area contributed by atoms with E-state index in [-0.39, 0.29) is 6.42 Å². The molecule has 0 radical (unpaired) electrons. The Balaban J connectivity index is 2.63. The number of aryl methyl sites for hydroxylation is 1. The molecule has 15 heavy (non-hydrogen) atoms. The van der Waals surface area contributed by atoms with E-state index in [2.05, 4.69) is 9.97 Å². The smallest absolute Gasteiger partial charge is 0.307 e. The van der Waals surface area contributed by atoms with Crippen molar-refractivity contribution in [3.63, 3.8) is 0 Å². The van der Waals surface area contributed by atoms with Gasteiger partial charge in [-0.05, 0) is 24.1 Å². The third-order valence-electron chi connectivity index (χ3n) is 2.23. The van der Waals surface area contributed by atoms with Crippen molar-refractivity contribution in [2.75, 3.05) is 0 Å². The normalized spacial score (nSPS) is 10.8. The Morgan fingerprint density at radius 2 is 2.40 bits per heavy atom. The minimum absolute atomic E-state index is 0.00977. The van der Waals surface area contributed by atoms with Crippen molar-refractivity contribution in [1.29, 1.82) is 0 Å². The minimum Gasteiger partial charge on any atom is -0.481 e. The van der Waals surface area contributed by atoms with Crippen molar-refractivity contribution >= 4 is 28.6 Å². The summed E-state index contributed by atoms with van der Waals surface area (Å²) in [5.41, 5.74) is 2.30. The highest BCUT2D eigenvalue weighted by molar-refractivity contribution is 6.29. The molecule has 0 amide bonds. The molecule has 2 N–H and O–H groups in total. The Labute approximate surface area is 90.9 Å². The largest absolute Gasteiger partial charge is 0.481 e. The fourth-order valence-electron chi connectivity index (χ4n) is 1.67. The van der Waals surface area contributed by atoms with Crippen molar-refractivity contribution in [3.8, 4) is 0 Å². The van der Waals surface area contributed by atoms with Crippen molar-refractivity contribution in [2.24, 2.45) is 0 Å². The second kappa shape index (κ2) is 3.55. The first-order chi connectivity index (χ1) is 7.08. The maximum absolute atomic E-state index is 10.6. The first kappa shape index (κ1) is 9.98. The monoisotopic (exact) mass is 224 g/mol. The summed E-state index contributed by atoms with van der Waals surface area (Å²) in [6.45, 7) is 1.88. The van der Waals surface area contributed by atoms with Gasteiger partial charge in [0.1, 0.15) is 10.8 Å². The molecule has 0 bridgehead atoms. The van der Waals surface area contributed by atoms with E-state index in [9.17, 15) is 4.79 Å². The summed E-state index contributed by atoms with van der Waals surface area (Å²) < 4.78 is 0. The molecule has 0 unspecified atom stereocenters. The number of aromatic nitrogens is 2. The molecule has 2 rings (SSSR count). The molecule has 2 heterocycles. The number of carbonyl (C=O) groups is 1. The molecule has 0 saturated heterocycles. The molecule has 78 valence electrons. The van der Waals surface area contributed by atoms with Gasteiger partial charge in [-0.1, -0.05) is 11.6 Å². The van der Waals surface area contributed by atoms with Gasteiger partial charge in [-0.2, -0.15) is 0 Å². The standard InChI is InChI=1S/C10H9ClN2O2/c1-5-2-7(11)13-10-9(5)6(4-12-10)3-8(14)15/h2,4H,3H2,1H3,(H,12,13)(H,14,15). The van der Waals surface area contributed by atoms with E-state index in [0.717, 1.165) is 16.5 Å². The number of carboxylic acid groups (broad SMARTS) is 1. The van der Waals surface area contributed by atoms with E-state index >= 15 is 0 Å². The maximum Gasteiger partial charge on any atom is 0.307 e. The van der Waals surface area contributed by atoms with Gasteiger partial charge in [0.15, 0.2) is 0 Å². The fourth-order valence-corrected chi connectivity index (χ4v) is 1.92. The van der Waals surface area contributed by atoms with Gasteiger partial charge in [0, 0.05) is 11.6 Å². The highest BCUT2D eigenvalue weighted by atomic mass is 35.5. The van der Waals surface area contributed by atoms with Crippen molar-refractivity contribution in [2.45, 2.75) is 13.3 Å². The van der Waals surface area contributed by atoms with Crippen LogP contribution in [0.25, 0.3) is 11.0 Å². The topological polar surface area (TPSA) is 66.0 Å². The lowest BCUT2D eigenvalue weighted by Crippen LogP contribution is -1.99. The van der Waals surface area contributed by atoms with Crippen LogP contribution in [0, 0.1) is 6.92 Å². The Morgan fingerprint density at radius 1 is 1.67 bits per heavy atom. The van der Waals surface area contributed by atoms with Gasteiger partial charge in [0.05, 0.1) is 6.42 Å². The van der Waals surface area contributed by atoms with E-state index in [1.54, 1.807) is 12.3 Å². The van der Waals surface area contributed by atoms with Gasteiger partial charge >= 0.3 is 5.97 Å². The number of pyridine rings is 1. The molecule has 0 atom stereocenters. The first-order valence-corrected chi connectivity index (χ1v) is 4.80. The summed E-state index contributed by atoms with van der Waals surface area (Å²) in [6.07, 6.45) is 1.65. The zero-order valence-corrected chi connectivity index (χ0v) is 8.80. The Kier molecular flexibility index (Phi) is 2.36. The number of H-pyrrole nitrogens is 1. The van der Waals surface area contributed by atoms with E-state index < -0.39 is 5.97 Å². The van der Waals surface area contributed by atoms with Crippen LogP contribution < -0.4 is 0 Å². The van der Waals surface area contributed by atoms with E-state index in [0.29, 0.717) is 10.8 Å². The number of hydrogen-bond acceptors (Lipinski definition) is 2. The molecular weight excluding hydrogens is 216 g/mol. The lowest BCUT2D eigenvalue weighted by molar-refractivity contribution is -0.136. The number of aliphatic carboxylic acids is 1. The maximum atomic E-state index is 10.6. The lowest BCUT2D eigenvalue weighted by Gasteiger charge is -1.99. The number of rotatable bonds is 2. The van der Waals surface area contributed by atoms with Crippen LogP contribution in [-0.4, -0.2) is 21.0 Å². The third-order valence-corrected chi connectivity index (χ3v) is 2.42. The van der Waals surface area contributed by atoms with Crippen LogP contribution in [-0.2, 0) is 11.2 Å². The molecule has 5 heteroatoms. The lowest BCUT2D eigenvalue weighted by atomic mass is 10.1. The number of hydrogen-bond donors (Lipinski definition) is 2. The summed E-state index contributed by atoms with van der Waals surface area (Å²) >= 11 is 5.79. The van der Waals surface area contributed by atoms with Crippen molar-refractivity contribution < 1.29 is 9.90 Å². The SMILES string of the molecule is Cc1cc(Cl)nc2[nH]cc(CC(=O)O)c12. The molecule has 2 aromatic heterocycles. The van der Waals surface area contributed by atoms with Gasteiger partial charge in [-0.25, -0.2) is 4.98 Å². The Hall–Kier alpha value is -1.55. The predicted molar refractivity (Wildman–Crippen MR) is 57.2 cm³/mol. The second-order valence-corrected chi connectivity index (χ2v) is 3.76. The fraction of sp³-hybridized carbons (Fsp3) is 0.200. The van der Waals surface area contributed by atoms with E-state index in [4.69, 9.17) is 16.7 Å². The van der Waals surface area contributed by atoms with Gasteiger partial charge in [0.25, 0.3) is 0 Å². The Bertz CT molecular complexity index is 533. The third kappa shape index (κ3) is 1.80. The molecule has 0 spiro atoms. The van der Waals surface area contributed by atoms with Crippen LogP contribution in [0.5, 0.6) is 0 Å². The highest BCUT2D eigenvalue weighted by Gasteiger charge is 2.11. The molecule has 4 nitrogen and oxygen atoms in total. The van der Waals surface area contributed by atoms with Crippen LogP contribution in [0.4, 0.5) is 0 Å². The van der Waals surface area contributed by atoms with Crippen LogP contribution in [0.2, 0.25) is 5.15 Å². The number of carboxylic acids is 1. The zero-order valence-electron chi connectivity index (χ0n) is 8.04. The summed E-state index contributed by atoms with van der Waals surface area (Å²) in [6, 6.07) is 1.73. The predicted octanol–water partition coefficient (Wildman–Crippen LogP) is 2.15. The summed E-state index contributed by atoms with van der Waals surface area (Å²) in [5.74, 6) is -0.856. The number of aromatic amines is 1. The van der Waals surface area contributed by atoms with E-state index in [1.165, 1.54) is 0 Å². The zero-order chi connectivity index (χ0) is 11.0. The molecule has 2 aromatic rings. The molecule has 0 aliphatic heterocycles. The molecular formula is C10H9ClN2O2. The van der Waals surface area contributed by atoms with Crippen LogP contribution in [0.15, 0.2) is 12.3 Å². The molecule has 0 aliphatic carbocycles. The van der Waals surface area contributed by atoms with Gasteiger partial charge in [-0.3, -0.25) is 4.79 Å². The van der Waals surface area contributed by atoms with Gasteiger partial charge in [-0.15, -0.1) is 0 Å². The average molecular weight is 225 g/mol. The number of fused-ring (bicyclic) bond motifs is 1. The summed E-state index contributed by atoms with van der Waals surface area (Å²) in [4.78, 5) is 17.6. The van der Waals surface area contributed by atoms with E-state index in [1.807, 2.05) is 6.92 Å². The molecule has 0 aromatic carbocycles. The van der Waals surface area contributed by atoms with Crippen molar-refractivity contribution in [3.05, 3.63) is 28.5 Å². The second-order valence-electron chi connectivity index (χ2n) is 3.37. The molecule has 0 saturated carbocycles. The average Bonchev–Trinajstić information content (AvgIpc) is 2.46. The van der Waals surface area contributed by atoms with Crippen LogP contribution in [0.1, 0.15) is 11.1 Å². The highest BCUT2D eigenvalue weighted by Crippen LogP contribution is 2.23. The molecule has 0 fully saturated rings. The summed E-state index contributed by atoms with van der Waals surface area (Å²) in [5, 5.41) is 9.98. The van der Waals surface area contributed by atoms with Crippen LogP contribution in [0.3, 0.4) is 0 Å². The van der Waals surface area contributed by atoms with Crippen LogP contribution >= 0.6 is 11.6 Å². The van der Waals surface area contributed by atoms with Gasteiger partial charge < -0.3 is 10.1 Å². The number of nitrogens with zero attached hydrogens (tertiary/aromatic N) is 1. The quantitative estimate of drug-likeness (QED) is 0.769. The number of nitrogens with one attached hydrogen (secondary N) is 1. The first-order valence-electron chi connectivity index (χ1n) is 4.43. The number of halogens is 1. The van der Waals surface area contributed by atoms with Crippen molar-refractivity contribution in [1.82, 2.24) is 9.97 Å². The molecule has 0 aliphatic rings. The minimum atomic E-state index is -0.856. The summed E-state index contributed by atoms with van der Waals surface area (Å²) in [7, 11) is 0. The van der Waals surface area contributed by atoms with Gasteiger partial charge in [0.2, 0.25) is 0 Å². The Morgan fingerprint density at radius 3 is 3.07 bits per heavy atom.